The number of halogens is 6. The molecule has 0 spiro atoms. The van der Waals surface area contributed by atoms with Gasteiger partial charge in [0.1, 0.15) is 4.88 Å². The molecule has 13 heteroatoms. The maximum atomic E-state index is 13.2. The molecule has 1 amide bonds. The van der Waals surface area contributed by atoms with Crippen LogP contribution < -0.4 is 4.90 Å². The maximum absolute atomic E-state index is 13.2. The van der Waals surface area contributed by atoms with Crippen molar-refractivity contribution in [1.82, 2.24) is 9.59 Å². The molecule has 0 radical (unpaired) electrons. The van der Waals surface area contributed by atoms with Crippen molar-refractivity contribution in [2.75, 3.05) is 11.4 Å². The molecular weight excluding hydrogens is 456 g/mol. The number of fused-ring (bicyclic) bond motifs is 1. The summed E-state index contributed by atoms with van der Waals surface area (Å²) in [5.41, 5.74) is -5.84. The SMILES string of the molecule is CCC1CN(C(=O)c2snnc2C)c2ccc(C(O)(C(F)(F)F)C(F)(F)F)cc2S1. The number of nitrogens with zero attached hydrogens (tertiary/aromatic N) is 3. The third kappa shape index (κ3) is 3.66. The predicted octanol–water partition coefficient (Wildman–Crippen LogP) is 4.69. The third-order valence-corrected chi connectivity index (χ3v) is 6.93. The molecule has 1 unspecified atom stereocenters. The number of carbonyl (C=O) groups is 1. The average molecular weight is 471 g/mol. The van der Waals surface area contributed by atoms with E-state index in [0.717, 1.165) is 29.4 Å². The lowest BCUT2D eigenvalue weighted by Gasteiger charge is -2.36. The van der Waals surface area contributed by atoms with Crippen LogP contribution in [0.15, 0.2) is 23.1 Å². The van der Waals surface area contributed by atoms with Gasteiger partial charge < -0.3 is 10.0 Å². The molecule has 5 nitrogen and oxygen atoms in total. The minimum Gasteiger partial charge on any atom is -0.369 e. The zero-order valence-corrected chi connectivity index (χ0v) is 17.1. The van der Waals surface area contributed by atoms with Gasteiger partial charge in [-0.2, -0.15) is 26.3 Å². The number of aryl methyl sites for hydroxylation is 1. The number of thioether (sulfide) groups is 1. The van der Waals surface area contributed by atoms with Crippen LogP contribution in [0.2, 0.25) is 0 Å². The highest BCUT2D eigenvalue weighted by Gasteiger charge is 2.71. The Morgan fingerprint density at radius 1 is 1.23 bits per heavy atom. The highest BCUT2D eigenvalue weighted by Crippen LogP contribution is 2.52. The third-order valence-electron chi connectivity index (χ3n) is 4.71. The largest absolute Gasteiger partial charge is 0.430 e. The van der Waals surface area contributed by atoms with Gasteiger partial charge in [-0.25, -0.2) is 0 Å². The molecule has 1 N–H and O–H groups in total. The van der Waals surface area contributed by atoms with Gasteiger partial charge in [-0.3, -0.25) is 4.79 Å². The lowest BCUT2D eigenvalue weighted by Crippen LogP contribution is -2.54. The van der Waals surface area contributed by atoms with Gasteiger partial charge >= 0.3 is 12.4 Å². The summed E-state index contributed by atoms with van der Waals surface area (Å²) in [6.07, 6.45) is -11.4. The molecule has 0 saturated heterocycles. The first-order chi connectivity index (χ1) is 13.8. The van der Waals surface area contributed by atoms with E-state index >= 15 is 0 Å². The number of aliphatic hydroxyl groups is 1. The van der Waals surface area contributed by atoms with Crippen molar-refractivity contribution in [2.24, 2.45) is 0 Å². The fourth-order valence-corrected chi connectivity index (χ4v) is 4.87. The predicted molar refractivity (Wildman–Crippen MR) is 98.7 cm³/mol. The van der Waals surface area contributed by atoms with E-state index in [2.05, 4.69) is 9.59 Å². The molecule has 1 aromatic heterocycles. The van der Waals surface area contributed by atoms with Crippen LogP contribution in [0.1, 0.15) is 34.3 Å². The molecule has 2 aromatic rings. The van der Waals surface area contributed by atoms with Crippen molar-refractivity contribution in [1.29, 1.82) is 0 Å². The molecule has 164 valence electrons. The standard InChI is InChI=1S/C17H15F6N3O2S2/c1-3-10-7-26(14(27)13-8(2)24-25-30-13)11-5-4-9(6-12(11)29-10)15(28,16(18,19)20)17(21,22)23/h4-6,10,28H,3,7H2,1-2H3. The number of anilines is 1. The Kier molecular flexibility index (Phi) is 5.84. The maximum Gasteiger partial charge on any atom is 0.430 e. The number of rotatable bonds is 3. The van der Waals surface area contributed by atoms with Crippen molar-refractivity contribution in [2.45, 2.75) is 48.4 Å². The quantitative estimate of drug-likeness (QED) is 0.658. The first kappa shape index (κ1) is 22.8. The molecule has 30 heavy (non-hydrogen) atoms. The summed E-state index contributed by atoms with van der Waals surface area (Å²) in [6.45, 7) is 3.58. The van der Waals surface area contributed by atoms with E-state index in [-0.39, 0.29) is 27.3 Å². The zero-order chi connectivity index (χ0) is 22.5. The number of benzene rings is 1. The molecule has 1 aliphatic heterocycles. The second kappa shape index (κ2) is 7.68. The summed E-state index contributed by atoms with van der Waals surface area (Å²) in [5.74, 6) is -0.489. The van der Waals surface area contributed by atoms with Gasteiger partial charge in [-0.05, 0) is 37.0 Å². The Balaban J connectivity index is 2.12. The van der Waals surface area contributed by atoms with Gasteiger partial charge in [0.05, 0.1) is 11.4 Å². The fraction of sp³-hybridized carbons (Fsp3) is 0.471. The minimum atomic E-state index is -5.98. The molecule has 1 aromatic carbocycles. The summed E-state index contributed by atoms with van der Waals surface area (Å²) in [7, 11) is 0. The van der Waals surface area contributed by atoms with Crippen LogP contribution in [0.5, 0.6) is 0 Å². The van der Waals surface area contributed by atoms with Crippen LogP contribution in [0.25, 0.3) is 0 Å². The number of hydrogen-bond acceptors (Lipinski definition) is 6. The van der Waals surface area contributed by atoms with Gasteiger partial charge in [-0.15, -0.1) is 16.9 Å². The van der Waals surface area contributed by atoms with E-state index in [1.807, 2.05) is 0 Å². The zero-order valence-electron chi connectivity index (χ0n) is 15.5. The molecule has 0 aliphatic carbocycles. The monoisotopic (exact) mass is 471 g/mol. The molecule has 1 atom stereocenters. The Morgan fingerprint density at radius 2 is 1.87 bits per heavy atom. The molecule has 0 saturated carbocycles. The van der Waals surface area contributed by atoms with Crippen LogP contribution >= 0.6 is 23.3 Å². The van der Waals surface area contributed by atoms with Gasteiger partial charge in [0.2, 0.25) is 0 Å². The van der Waals surface area contributed by atoms with Gasteiger partial charge in [-0.1, -0.05) is 17.5 Å². The van der Waals surface area contributed by atoms with E-state index in [1.54, 1.807) is 13.8 Å². The topological polar surface area (TPSA) is 66.3 Å². The van der Waals surface area contributed by atoms with Crippen LogP contribution in [0, 0.1) is 6.92 Å². The lowest BCUT2D eigenvalue weighted by molar-refractivity contribution is -0.376. The van der Waals surface area contributed by atoms with Gasteiger partial charge in [0.15, 0.2) is 0 Å². The van der Waals surface area contributed by atoms with Crippen molar-refractivity contribution in [3.8, 4) is 0 Å². The number of aromatic nitrogens is 2. The van der Waals surface area contributed by atoms with Crippen LogP contribution in [0.4, 0.5) is 32.0 Å². The molecular formula is C17H15F6N3O2S2. The fourth-order valence-electron chi connectivity index (χ4n) is 3.02. The van der Waals surface area contributed by atoms with E-state index in [4.69, 9.17) is 0 Å². The second-order valence-corrected chi connectivity index (χ2v) is 8.74. The van der Waals surface area contributed by atoms with Crippen molar-refractivity contribution in [3.05, 3.63) is 34.3 Å². The van der Waals surface area contributed by atoms with E-state index < -0.39 is 29.4 Å². The average Bonchev–Trinajstić information content (AvgIpc) is 3.09. The van der Waals surface area contributed by atoms with E-state index in [9.17, 15) is 36.2 Å². The van der Waals surface area contributed by atoms with Crippen LogP contribution in [0.3, 0.4) is 0 Å². The first-order valence-corrected chi connectivity index (χ1v) is 10.2. The van der Waals surface area contributed by atoms with Crippen LogP contribution in [-0.4, -0.2) is 44.7 Å². The number of carbonyl (C=O) groups excluding carboxylic acids is 1. The van der Waals surface area contributed by atoms with Gasteiger partial charge in [0, 0.05) is 22.3 Å². The molecule has 0 fully saturated rings. The molecule has 3 rings (SSSR count). The number of hydrogen-bond donors (Lipinski definition) is 1. The summed E-state index contributed by atoms with van der Waals surface area (Å²) in [4.78, 5) is 14.5. The Morgan fingerprint density at radius 3 is 2.37 bits per heavy atom. The first-order valence-electron chi connectivity index (χ1n) is 8.59. The Labute approximate surface area is 175 Å². The Hall–Kier alpha value is -1.86. The summed E-state index contributed by atoms with van der Waals surface area (Å²) >= 11 is 1.92. The van der Waals surface area contributed by atoms with Crippen LogP contribution in [-0.2, 0) is 5.60 Å². The smallest absolute Gasteiger partial charge is 0.369 e. The van der Waals surface area contributed by atoms with Crippen molar-refractivity contribution < 1.29 is 36.2 Å². The second-order valence-electron chi connectivity index (χ2n) is 6.64. The highest BCUT2D eigenvalue weighted by atomic mass is 32.2. The van der Waals surface area contributed by atoms with E-state index in [1.165, 1.54) is 4.90 Å². The summed E-state index contributed by atoms with van der Waals surface area (Å²) in [5, 5.41) is 13.2. The van der Waals surface area contributed by atoms with Gasteiger partial charge in [0.25, 0.3) is 11.5 Å². The van der Waals surface area contributed by atoms with E-state index in [0.29, 0.717) is 24.2 Å². The number of amides is 1. The number of alkyl halides is 6. The highest BCUT2D eigenvalue weighted by molar-refractivity contribution is 8.00. The summed E-state index contributed by atoms with van der Waals surface area (Å²) in [6, 6.07) is 2.19. The lowest BCUT2D eigenvalue weighted by atomic mass is 9.92. The summed E-state index contributed by atoms with van der Waals surface area (Å²) < 4.78 is 83.1. The molecule has 1 aliphatic rings. The molecule has 2 heterocycles. The molecule has 0 bridgehead atoms. The van der Waals surface area contributed by atoms with Crippen molar-refractivity contribution in [3.63, 3.8) is 0 Å². The van der Waals surface area contributed by atoms with Crippen molar-refractivity contribution >= 4 is 34.9 Å². The minimum absolute atomic E-state index is 0.0426. The Bertz CT molecular complexity index is 946. The normalized spacial score (nSPS) is 17.8.